The van der Waals surface area contributed by atoms with Gasteiger partial charge in [0.15, 0.2) is 0 Å². The molecule has 1 aromatic heterocycles. The van der Waals surface area contributed by atoms with Crippen molar-refractivity contribution in [3.63, 3.8) is 0 Å². The zero-order valence-corrected chi connectivity index (χ0v) is 36.5. The third-order valence-electron chi connectivity index (χ3n) is 12.4. The lowest BCUT2D eigenvalue weighted by Gasteiger charge is -2.30. The SMILES string of the molecule is C[Si](C)(C)c1ccc(N(c2ccccc2)c2ccc3ccc4c(N(c5ccc([Si](C)(C)C)cc5)c5cc6ccc7cccc8oc(c5)c6c78)ccc5ccc2c3c54)cc1. The Balaban J connectivity index is 1.15. The normalized spacial score (nSPS) is 12.6. The van der Waals surface area contributed by atoms with Gasteiger partial charge < -0.3 is 14.2 Å². The molecule has 3 nitrogen and oxygen atoms in total. The van der Waals surface area contributed by atoms with Gasteiger partial charge in [0.2, 0.25) is 0 Å². The van der Waals surface area contributed by atoms with Gasteiger partial charge in [-0.25, -0.2) is 0 Å². The van der Waals surface area contributed by atoms with Gasteiger partial charge in [-0.15, -0.1) is 0 Å². The second-order valence-electron chi connectivity index (χ2n) is 18.3. The Morgan fingerprint density at radius 3 is 1.36 bits per heavy atom. The van der Waals surface area contributed by atoms with Crippen LogP contribution in [0.4, 0.5) is 34.1 Å². The summed E-state index contributed by atoms with van der Waals surface area (Å²) in [6.45, 7) is 14.5. The van der Waals surface area contributed by atoms with E-state index in [1.54, 1.807) is 0 Å². The van der Waals surface area contributed by atoms with Crippen molar-refractivity contribution in [2.45, 2.75) is 39.3 Å². The smallest absolute Gasteiger partial charge is 0.138 e. The first kappa shape index (κ1) is 35.7. The molecule has 0 bridgehead atoms. The molecule has 1 heterocycles. The molecular weight excluding hydrogens is 749 g/mol. The van der Waals surface area contributed by atoms with Gasteiger partial charge in [0, 0.05) is 44.7 Å². The third kappa shape index (κ3) is 5.75. The predicted molar refractivity (Wildman–Crippen MR) is 261 cm³/mol. The summed E-state index contributed by atoms with van der Waals surface area (Å²) in [4.78, 5) is 4.88. The Hall–Kier alpha value is -6.41. The molecule has 0 aliphatic heterocycles. The molecule has 11 rings (SSSR count). The highest BCUT2D eigenvalue weighted by Crippen LogP contribution is 2.49. The van der Waals surface area contributed by atoms with Gasteiger partial charge in [0.05, 0.1) is 33.2 Å². The molecule has 0 aliphatic carbocycles. The minimum Gasteiger partial charge on any atom is -0.456 e. The third-order valence-corrected chi connectivity index (χ3v) is 16.6. The second-order valence-corrected chi connectivity index (χ2v) is 28.4. The van der Waals surface area contributed by atoms with Crippen molar-refractivity contribution in [1.29, 1.82) is 0 Å². The maximum atomic E-state index is 6.63. The maximum absolute atomic E-state index is 6.63. The van der Waals surface area contributed by atoms with Crippen molar-refractivity contribution in [3.8, 4) is 0 Å². The quantitative estimate of drug-likeness (QED) is 0.113. The van der Waals surface area contributed by atoms with Gasteiger partial charge >= 0.3 is 0 Å². The molecule has 0 spiro atoms. The number of para-hydroxylation sites is 1. The van der Waals surface area contributed by atoms with Crippen molar-refractivity contribution in [1.82, 2.24) is 0 Å². The highest BCUT2D eigenvalue weighted by Gasteiger charge is 2.25. The molecule has 11 aromatic rings. The minimum absolute atomic E-state index is 0.911. The number of hydrogen-bond donors (Lipinski definition) is 0. The van der Waals surface area contributed by atoms with Crippen molar-refractivity contribution < 1.29 is 4.42 Å². The van der Waals surface area contributed by atoms with E-state index in [-0.39, 0.29) is 0 Å². The van der Waals surface area contributed by atoms with Crippen LogP contribution < -0.4 is 20.2 Å². The van der Waals surface area contributed by atoms with E-state index >= 15 is 0 Å². The Kier molecular flexibility index (Phi) is 7.90. The number of benzene rings is 10. The second kappa shape index (κ2) is 13.1. The summed E-state index contributed by atoms with van der Waals surface area (Å²) in [5, 5.41) is 15.2. The van der Waals surface area contributed by atoms with Crippen LogP contribution in [0.25, 0.3) is 65.0 Å². The monoisotopic (exact) mass is 794 g/mol. The average molecular weight is 795 g/mol. The van der Waals surface area contributed by atoms with Crippen LogP contribution in [0.15, 0.2) is 174 Å². The highest BCUT2D eigenvalue weighted by molar-refractivity contribution is 6.89. The maximum Gasteiger partial charge on any atom is 0.138 e. The number of furan rings is 1. The van der Waals surface area contributed by atoms with E-state index in [0.29, 0.717) is 0 Å². The summed E-state index contributed by atoms with van der Waals surface area (Å²) in [6, 6.07) is 63.4. The van der Waals surface area contributed by atoms with Gasteiger partial charge in [0.25, 0.3) is 0 Å². The van der Waals surface area contributed by atoms with E-state index in [0.717, 1.165) is 39.6 Å². The fourth-order valence-electron chi connectivity index (χ4n) is 9.38. The lowest BCUT2D eigenvalue weighted by molar-refractivity contribution is 0.669. The van der Waals surface area contributed by atoms with E-state index in [1.807, 2.05) is 0 Å². The summed E-state index contributed by atoms with van der Waals surface area (Å²) < 4.78 is 6.63. The molecule has 0 atom stereocenters. The molecule has 0 saturated carbocycles. The van der Waals surface area contributed by atoms with Gasteiger partial charge in [-0.3, -0.25) is 0 Å². The Bertz CT molecular complexity index is 3340. The van der Waals surface area contributed by atoms with Crippen LogP contribution in [0.1, 0.15) is 0 Å². The first-order valence-corrected chi connectivity index (χ1v) is 27.8. The van der Waals surface area contributed by atoms with Crippen LogP contribution in [0.2, 0.25) is 39.3 Å². The predicted octanol–water partition coefficient (Wildman–Crippen LogP) is 15.1. The number of hydrogen-bond acceptors (Lipinski definition) is 3. The lowest BCUT2D eigenvalue weighted by Crippen LogP contribution is -2.37. The van der Waals surface area contributed by atoms with Gasteiger partial charge in [-0.2, -0.15) is 0 Å². The number of rotatable bonds is 8. The summed E-state index contributed by atoms with van der Waals surface area (Å²) in [7, 11) is -2.99. The Morgan fingerprint density at radius 1 is 0.339 bits per heavy atom. The average Bonchev–Trinajstić information content (AvgIpc) is 3.63. The van der Waals surface area contributed by atoms with Crippen molar-refractivity contribution in [3.05, 3.63) is 170 Å². The van der Waals surface area contributed by atoms with Crippen LogP contribution in [0, 0.1) is 0 Å². The molecule has 0 N–H and O–H groups in total. The van der Waals surface area contributed by atoms with Gasteiger partial charge in [-0.1, -0.05) is 153 Å². The largest absolute Gasteiger partial charge is 0.456 e. The molecule has 0 saturated heterocycles. The highest BCUT2D eigenvalue weighted by atomic mass is 28.3. The van der Waals surface area contributed by atoms with Crippen LogP contribution in [0.5, 0.6) is 0 Å². The fraction of sp³-hybridized carbons (Fsp3) is 0.111. The molecule has 10 aromatic carbocycles. The summed E-state index contributed by atoms with van der Waals surface area (Å²) in [5.41, 5.74) is 8.66. The molecule has 0 aliphatic rings. The van der Waals surface area contributed by atoms with Crippen molar-refractivity contribution in [2.24, 2.45) is 0 Å². The molecular formula is C54H46N2OSi2. The Morgan fingerprint density at radius 2 is 0.797 bits per heavy atom. The van der Waals surface area contributed by atoms with Crippen LogP contribution in [0.3, 0.4) is 0 Å². The molecule has 5 heteroatoms. The first-order valence-electron chi connectivity index (χ1n) is 20.8. The Labute approximate surface area is 347 Å². The summed E-state index contributed by atoms with van der Waals surface area (Å²) in [5.74, 6) is 0. The topological polar surface area (TPSA) is 19.6 Å². The number of nitrogens with zero attached hydrogens (tertiary/aromatic N) is 2. The van der Waals surface area contributed by atoms with E-state index in [9.17, 15) is 0 Å². The van der Waals surface area contributed by atoms with E-state index in [4.69, 9.17) is 4.42 Å². The van der Waals surface area contributed by atoms with Gasteiger partial charge in [-0.05, 0) is 93.0 Å². The molecule has 0 amide bonds. The van der Waals surface area contributed by atoms with Crippen LogP contribution in [-0.4, -0.2) is 16.1 Å². The molecule has 59 heavy (non-hydrogen) atoms. The molecule has 0 radical (unpaired) electrons. The lowest BCUT2D eigenvalue weighted by atomic mass is 9.91. The molecule has 286 valence electrons. The van der Waals surface area contributed by atoms with E-state index in [1.165, 1.54) is 69.9 Å². The van der Waals surface area contributed by atoms with Crippen LogP contribution >= 0.6 is 0 Å². The van der Waals surface area contributed by atoms with Crippen LogP contribution in [-0.2, 0) is 0 Å². The zero-order valence-electron chi connectivity index (χ0n) is 34.5. The van der Waals surface area contributed by atoms with Gasteiger partial charge in [0.1, 0.15) is 11.2 Å². The zero-order chi connectivity index (χ0) is 40.2. The minimum atomic E-state index is -1.52. The van der Waals surface area contributed by atoms with E-state index < -0.39 is 16.1 Å². The van der Waals surface area contributed by atoms with Crippen molar-refractivity contribution >= 4 is 126 Å². The molecule has 0 fully saturated rings. The first-order chi connectivity index (χ1) is 28.5. The fourth-order valence-corrected chi connectivity index (χ4v) is 11.7. The molecule has 0 unspecified atom stereocenters. The number of anilines is 6. The summed E-state index contributed by atoms with van der Waals surface area (Å²) >= 11 is 0. The standard InChI is InChI=1S/C54H46N2OSi2/c1-58(2,3)43-25-21-40(22-26-43)55(39-12-8-7-9-13-39)47-31-19-36-18-30-46-48(32-20-37-17-29-45(47)51(36)52(37)46)56(41-23-27-44(28-24-41)59(4,5)6)42-33-38-16-15-35-11-10-14-49-53(35)54(38)50(34-42)57-49/h7-34H,1-6H3. The van der Waals surface area contributed by atoms with E-state index in [2.05, 4.69) is 219 Å². The summed E-state index contributed by atoms with van der Waals surface area (Å²) in [6.07, 6.45) is 0. The van der Waals surface area contributed by atoms with Crippen molar-refractivity contribution in [2.75, 3.05) is 9.80 Å².